The van der Waals surface area contributed by atoms with E-state index in [0.717, 1.165) is 29.9 Å². The molecule has 2 aromatic carbocycles. The van der Waals surface area contributed by atoms with E-state index in [-0.39, 0.29) is 18.0 Å². The Morgan fingerprint density at radius 2 is 1.97 bits per heavy atom. The average Bonchev–Trinajstić information content (AvgIpc) is 3.36. The van der Waals surface area contributed by atoms with Gasteiger partial charge in [0, 0.05) is 37.1 Å². The van der Waals surface area contributed by atoms with E-state index in [4.69, 9.17) is 0 Å². The average molecular weight is 403 g/mol. The minimum absolute atomic E-state index is 0.139. The maximum atomic E-state index is 12.8. The smallest absolute Gasteiger partial charge is 0.319 e. The number of nitrogens with one attached hydrogen (secondary N) is 2. The fourth-order valence-corrected chi connectivity index (χ4v) is 3.72. The lowest BCUT2D eigenvalue weighted by molar-refractivity contribution is -0.128. The fraction of sp³-hybridized carbons (Fsp3) is 0.261. The standard InChI is InChI=1S/C23H25N5O2/c1-17-12-13-24-28(17)20-10-5-9-19(15-20)25-23(30)26-21(18-7-3-2-4-8-18)16-27-14-6-11-22(27)29/h2-5,7-10,12-13,15,21H,6,11,14,16H2,1H3,(H2,25,26,30). The lowest BCUT2D eigenvalue weighted by atomic mass is 10.1. The van der Waals surface area contributed by atoms with Crippen molar-refractivity contribution in [1.82, 2.24) is 20.0 Å². The monoisotopic (exact) mass is 403 g/mol. The summed E-state index contributed by atoms with van der Waals surface area (Å²) in [7, 11) is 0. The summed E-state index contributed by atoms with van der Waals surface area (Å²) < 4.78 is 1.81. The van der Waals surface area contributed by atoms with E-state index in [1.54, 1.807) is 6.20 Å². The molecular weight excluding hydrogens is 378 g/mol. The summed E-state index contributed by atoms with van der Waals surface area (Å²) in [5.74, 6) is 0.139. The number of benzene rings is 2. The summed E-state index contributed by atoms with van der Waals surface area (Å²) in [5, 5.41) is 10.2. The minimum Gasteiger partial charge on any atom is -0.340 e. The van der Waals surface area contributed by atoms with Gasteiger partial charge in [-0.1, -0.05) is 36.4 Å². The van der Waals surface area contributed by atoms with Crippen molar-refractivity contribution in [2.45, 2.75) is 25.8 Å². The number of carbonyl (C=O) groups excluding carboxylic acids is 2. The summed E-state index contributed by atoms with van der Waals surface area (Å²) >= 11 is 0. The molecule has 2 N–H and O–H groups in total. The first kappa shape index (κ1) is 19.7. The molecule has 0 radical (unpaired) electrons. The Morgan fingerprint density at radius 1 is 1.13 bits per heavy atom. The van der Waals surface area contributed by atoms with Gasteiger partial charge in [-0.05, 0) is 43.2 Å². The number of urea groups is 1. The molecule has 0 aliphatic carbocycles. The second-order valence-corrected chi connectivity index (χ2v) is 7.44. The van der Waals surface area contributed by atoms with Gasteiger partial charge in [-0.3, -0.25) is 4.79 Å². The van der Waals surface area contributed by atoms with E-state index >= 15 is 0 Å². The Hall–Kier alpha value is -3.61. The van der Waals surface area contributed by atoms with Crippen LogP contribution in [0.25, 0.3) is 5.69 Å². The molecule has 3 amide bonds. The van der Waals surface area contributed by atoms with E-state index in [9.17, 15) is 9.59 Å². The lowest BCUT2D eigenvalue weighted by Crippen LogP contribution is -2.40. The Kier molecular flexibility index (Phi) is 5.79. The highest BCUT2D eigenvalue weighted by Crippen LogP contribution is 2.20. The highest BCUT2D eigenvalue weighted by atomic mass is 16.2. The van der Waals surface area contributed by atoms with Crippen LogP contribution >= 0.6 is 0 Å². The van der Waals surface area contributed by atoms with Gasteiger partial charge in [0.25, 0.3) is 0 Å². The highest BCUT2D eigenvalue weighted by Gasteiger charge is 2.25. The van der Waals surface area contributed by atoms with E-state index in [1.165, 1.54) is 0 Å². The number of aryl methyl sites for hydroxylation is 1. The predicted octanol–water partition coefficient (Wildman–Crippen LogP) is 3.67. The molecule has 0 saturated carbocycles. The van der Waals surface area contributed by atoms with Crippen molar-refractivity contribution in [3.63, 3.8) is 0 Å². The number of rotatable bonds is 6. The van der Waals surface area contributed by atoms with Crippen molar-refractivity contribution >= 4 is 17.6 Å². The number of hydrogen-bond donors (Lipinski definition) is 2. The van der Waals surface area contributed by atoms with Gasteiger partial charge in [0.15, 0.2) is 0 Å². The quantitative estimate of drug-likeness (QED) is 0.659. The van der Waals surface area contributed by atoms with Crippen LogP contribution in [0.5, 0.6) is 0 Å². The summed E-state index contributed by atoms with van der Waals surface area (Å²) in [6.45, 7) is 3.17. The zero-order chi connectivity index (χ0) is 20.9. The number of aromatic nitrogens is 2. The van der Waals surface area contributed by atoms with Gasteiger partial charge in [-0.25, -0.2) is 9.48 Å². The molecule has 1 aromatic heterocycles. The highest BCUT2D eigenvalue weighted by molar-refractivity contribution is 5.90. The molecule has 1 aliphatic rings. The Bertz CT molecular complexity index is 1030. The van der Waals surface area contributed by atoms with Crippen LogP contribution in [-0.2, 0) is 4.79 Å². The molecule has 1 atom stereocenters. The third-order valence-corrected chi connectivity index (χ3v) is 5.26. The van der Waals surface area contributed by atoms with Crippen molar-refractivity contribution in [2.24, 2.45) is 0 Å². The molecule has 1 aliphatic heterocycles. The molecule has 0 bridgehead atoms. The van der Waals surface area contributed by atoms with Crippen LogP contribution < -0.4 is 10.6 Å². The molecule has 2 heterocycles. The molecule has 1 saturated heterocycles. The van der Waals surface area contributed by atoms with Crippen LogP contribution in [0, 0.1) is 6.92 Å². The number of hydrogen-bond acceptors (Lipinski definition) is 3. The van der Waals surface area contributed by atoms with E-state index in [0.29, 0.717) is 18.7 Å². The second-order valence-electron chi connectivity index (χ2n) is 7.44. The Morgan fingerprint density at radius 3 is 2.67 bits per heavy atom. The maximum absolute atomic E-state index is 12.8. The van der Waals surface area contributed by atoms with Crippen molar-refractivity contribution in [3.05, 3.63) is 78.1 Å². The van der Waals surface area contributed by atoms with Crippen molar-refractivity contribution in [1.29, 1.82) is 0 Å². The van der Waals surface area contributed by atoms with Gasteiger partial charge in [-0.2, -0.15) is 5.10 Å². The van der Waals surface area contributed by atoms with Gasteiger partial charge in [0.05, 0.1) is 11.7 Å². The van der Waals surface area contributed by atoms with Gasteiger partial charge >= 0.3 is 6.03 Å². The van der Waals surface area contributed by atoms with Crippen LogP contribution in [-0.4, -0.2) is 39.7 Å². The van der Waals surface area contributed by atoms with E-state index < -0.39 is 0 Å². The van der Waals surface area contributed by atoms with E-state index in [1.807, 2.05) is 77.2 Å². The molecule has 1 unspecified atom stereocenters. The number of carbonyl (C=O) groups is 2. The third kappa shape index (κ3) is 4.51. The summed E-state index contributed by atoms with van der Waals surface area (Å²) in [6.07, 6.45) is 3.19. The van der Waals surface area contributed by atoms with Crippen molar-refractivity contribution in [3.8, 4) is 5.69 Å². The molecule has 4 rings (SSSR count). The number of likely N-dealkylation sites (tertiary alicyclic amines) is 1. The normalized spacial score (nSPS) is 14.6. The molecule has 30 heavy (non-hydrogen) atoms. The molecule has 7 heteroatoms. The SMILES string of the molecule is Cc1ccnn1-c1cccc(NC(=O)NC(CN2CCCC2=O)c2ccccc2)c1. The Balaban J connectivity index is 1.47. The van der Waals surface area contributed by atoms with Gasteiger partial charge in [0.1, 0.15) is 0 Å². The van der Waals surface area contributed by atoms with E-state index in [2.05, 4.69) is 15.7 Å². The minimum atomic E-state index is -0.315. The van der Waals surface area contributed by atoms with Crippen molar-refractivity contribution in [2.75, 3.05) is 18.4 Å². The summed E-state index contributed by atoms with van der Waals surface area (Å²) in [4.78, 5) is 26.7. The molecule has 0 spiro atoms. The van der Waals surface area contributed by atoms with Crippen LogP contribution in [0.3, 0.4) is 0 Å². The molecular formula is C23H25N5O2. The van der Waals surface area contributed by atoms with Gasteiger partial charge in [0.2, 0.25) is 5.91 Å². The molecule has 7 nitrogen and oxygen atoms in total. The lowest BCUT2D eigenvalue weighted by Gasteiger charge is -2.25. The molecule has 1 fully saturated rings. The zero-order valence-corrected chi connectivity index (χ0v) is 16.9. The van der Waals surface area contributed by atoms with Crippen LogP contribution in [0.2, 0.25) is 0 Å². The predicted molar refractivity (Wildman–Crippen MR) is 115 cm³/mol. The van der Waals surface area contributed by atoms with Crippen LogP contribution in [0.1, 0.15) is 30.1 Å². The summed E-state index contributed by atoms with van der Waals surface area (Å²) in [6, 6.07) is 18.6. The molecule has 3 aromatic rings. The van der Waals surface area contributed by atoms with Crippen LogP contribution in [0.4, 0.5) is 10.5 Å². The topological polar surface area (TPSA) is 79.3 Å². The first-order valence-corrected chi connectivity index (χ1v) is 10.1. The van der Waals surface area contributed by atoms with Gasteiger partial charge < -0.3 is 15.5 Å². The Labute approximate surface area is 175 Å². The van der Waals surface area contributed by atoms with Gasteiger partial charge in [-0.15, -0.1) is 0 Å². The van der Waals surface area contributed by atoms with Crippen LogP contribution in [0.15, 0.2) is 66.9 Å². The zero-order valence-electron chi connectivity index (χ0n) is 16.9. The summed E-state index contributed by atoms with van der Waals surface area (Å²) in [5.41, 5.74) is 3.52. The third-order valence-electron chi connectivity index (χ3n) is 5.26. The maximum Gasteiger partial charge on any atom is 0.319 e. The number of nitrogens with zero attached hydrogens (tertiary/aromatic N) is 3. The first-order valence-electron chi connectivity index (χ1n) is 10.1. The molecule has 154 valence electrons. The number of anilines is 1. The van der Waals surface area contributed by atoms with Crippen molar-refractivity contribution < 1.29 is 9.59 Å². The fourth-order valence-electron chi connectivity index (χ4n) is 3.72. The number of amides is 3. The second kappa shape index (κ2) is 8.82. The largest absolute Gasteiger partial charge is 0.340 e. The first-order chi connectivity index (χ1) is 14.6.